The lowest BCUT2D eigenvalue weighted by molar-refractivity contribution is -0.728. The molecule has 0 aliphatic heterocycles. The first-order chi connectivity index (χ1) is 8.08. The molecule has 5 nitrogen and oxygen atoms in total. The van der Waals surface area contributed by atoms with Gasteiger partial charge in [-0.25, -0.2) is 0 Å². The maximum absolute atomic E-state index is 10.5. The molecule has 0 amide bonds. The molecule has 0 aliphatic rings. The summed E-state index contributed by atoms with van der Waals surface area (Å²) in [5, 5.41) is 5.29. The van der Waals surface area contributed by atoms with Crippen LogP contribution in [0.3, 0.4) is 0 Å². The van der Waals surface area contributed by atoms with Crippen molar-refractivity contribution < 1.29 is 18.7 Å². The molecule has 0 saturated heterocycles. The van der Waals surface area contributed by atoms with Gasteiger partial charge in [0.2, 0.25) is 6.20 Å². The third-order valence-electron chi connectivity index (χ3n) is 2.51. The fourth-order valence-corrected chi connectivity index (χ4v) is 2.01. The van der Waals surface area contributed by atoms with Gasteiger partial charge in [0.15, 0.2) is 7.05 Å². The van der Waals surface area contributed by atoms with Gasteiger partial charge in [0.05, 0.1) is 5.56 Å². The molecule has 1 heterocycles. The summed E-state index contributed by atoms with van der Waals surface area (Å²) in [6, 6.07) is 5.79. The predicted molar refractivity (Wildman–Crippen MR) is 60.1 cm³/mol. The van der Waals surface area contributed by atoms with E-state index in [4.69, 9.17) is 0 Å². The van der Waals surface area contributed by atoms with Crippen LogP contribution in [-0.2, 0) is 22.7 Å². The van der Waals surface area contributed by atoms with E-state index >= 15 is 0 Å². The highest BCUT2D eigenvalue weighted by Gasteiger charge is 2.13. The monoisotopic (exact) mass is 251 g/mol. The summed E-state index contributed by atoms with van der Waals surface area (Å²) >= 11 is 0. The first kappa shape index (κ1) is 12.0. The number of rotatable bonds is 3. The van der Waals surface area contributed by atoms with Gasteiger partial charge in [0.1, 0.15) is 12.1 Å². The Morgan fingerprint density at radius 3 is 3.00 bits per heavy atom. The maximum Gasteiger partial charge on any atom is 0.488 e. The van der Waals surface area contributed by atoms with Crippen molar-refractivity contribution in [3.8, 4) is 0 Å². The molecule has 1 aromatic carbocycles. The Morgan fingerprint density at radius 2 is 2.29 bits per heavy atom. The zero-order valence-electron chi connectivity index (χ0n) is 9.58. The largest absolute Gasteiger partial charge is 0.566 e. The summed E-state index contributed by atoms with van der Waals surface area (Å²) < 4.78 is 16.8. The molecule has 88 valence electrons. The zero-order valence-corrected chi connectivity index (χ0v) is 10.5. The smallest absolute Gasteiger partial charge is 0.488 e. The molecule has 0 saturated carbocycles. The third kappa shape index (κ3) is 2.64. The average Bonchev–Trinajstić information content (AvgIpc) is 2.27. The van der Waals surface area contributed by atoms with Crippen molar-refractivity contribution in [1.82, 2.24) is 5.10 Å². The highest BCUT2D eigenvalue weighted by Crippen LogP contribution is 2.21. The molecular weight excluding hydrogens is 239 g/mol. The third-order valence-corrected chi connectivity index (χ3v) is 2.85. The van der Waals surface area contributed by atoms with Crippen LogP contribution in [0.1, 0.15) is 11.1 Å². The Labute approximate surface area is 99.6 Å². The van der Waals surface area contributed by atoms with Gasteiger partial charge in [-0.15, -0.1) is 4.52 Å². The van der Waals surface area contributed by atoms with Gasteiger partial charge in [-0.2, -0.15) is 0 Å². The van der Waals surface area contributed by atoms with Crippen LogP contribution in [-0.4, -0.2) is 5.10 Å². The molecule has 17 heavy (non-hydrogen) atoms. The fraction of sp³-hybridized carbons (Fsp3) is 0.273. The predicted octanol–water partition coefficient (Wildman–Crippen LogP) is 0.902. The summed E-state index contributed by atoms with van der Waals surface area (Å²) in [6.07, 6.45) is 1.76. The molecule has 1 aromatic heterocycles. The molecule has 2 aromatic rings. The molecule has 6 heteroatoms. The van der Waals surface area contributed by atoms with Crippen LogP contribution in [0, 0.1) is 6.92 Å². The van der Waals surface area contributed by atoms with Gasteiger partial charge >= 0.3 is 8.25 Å². The molecule has 0 spiro atoms. The van der Waals surface area contributed by atoms with Crippen molar-refractivity contribution >= 4 is 19.2 Å². The second kappa shape index (κ2) is 4.84. The number of hydrogen-bond acceptors (Lipinski definition) is 4. The lowest BCUT2D eigenvalue weighted by atomic mass is 10.1. The molecule has 0 radical (unpaired) electrons. The molecular formula is C11H12N2O3P+. The quantitative estimate of drug-likeness (QED) is 0.600. The van der Waals surface area contributed by atoms with Gasteiger partial charge in [-0.05, 0) is 17.1 Å². The Kier molecular flexibility index (Phi) is 3.43. The average molecular weight is 251 g/mol. The fourth-order valence-electron chi connectivity index (χ4n) is 1.77. The van der Waals surface area contributed by atoms with Crippen molar-refractivity contribution in [3.63, 3.8) is 0 Å². The number of aryl methyl sites for hydroxylation is 2. The molecule has 0 fully saturated rings. The van der Waals surface area contributed by atoms with Crippen molar-refractivity contribution in [2.75, 3.05) is 0 Å². The Hall–Kier alpha value is -1.42. The zero-order chi connectivity index (χ0) is 12.4. The van der Waals surface area contributed by atoms with E-state index in [1.54, 1.807) is 17.9 Å². The van der Waals surface area contributed by atoms with Crippen molar-refractivity contribution in [2.24, 2.45) is 7.05 Å². The van der Waals surface area contributed by atoms with Crippen molar-refractivity contribution in [1.29, 1.82) is 0 Å². The van der Waals surface area contributed by atoms with E-state index in [0.717, 1.165) is 22.0 Å². The number of nitrogens with zero attached hydrogens (tertiary/aromatic N) is 2. The minimum Gasteiger partial charge on any atom is -0.566 e. The van der Waals surface area contributed by atoms with Crippen LogP contribution < -0.4 is 9.58 Å². The van der Waals surface area contributed by atoms with Gasteiger partial charge < -0.3 is 4.89 Å². The molecule has 0 aliphatic carbocycles. The van der Waals surface area contributed by atoms with Crippen LogP contribution in [0.2, 0.25) is 0 Å². The van der Waals surface area contributed by atoms with Crippen molar-refractivity contribution in [2.45, 2.75) is 13.5 Å². The highest BCUT2D eigenvalue weighted by atomic mass is 31.1. The van der Waals surface area contributed by atoms with E-state index in [-0.39, 0.29) is 6.61 Å². The highest BCUT2D eigenvalue weighted by molar-refractivity contribution is 7.30. The molecule has 0 bridgehead atoms. The first-order valence-electron chi connectivity index (χ1n) is 5.10. The topological polar surface area (TPSA) is 66.1 Å². The van der Waals surface area contributed by atoms with Gasteiger partial charge in [0, 0.05) is 10.5 Å². The van der Waals surface area contributed by atoms with E-state index in [2.05, 4.69) is 9.62 Å². The first-order valence-corrected chi connectivity index (χ1v) is 6.20. The number of fused-ring (bicyclic) bond motifs is 1. The van der Waals surface area contributed by atoms with E-state index in [1.165, 1.54) is 0 Å². The van der Waals surface area contributed by atoms with Gasteiger partial charge in [-0.3, -0.25) is 0 Å². The summed E-state index contributed by atoms with van der Waals surface area (Å²) in [4.78, 5) is 10.5. The minimum absolute atomic E-state index is 0.0367. The van der Waals surface area contributed by atoms with E-state index < -0.39 is 8.25 Å². The summed E-state index contributed by atoms with van der Waals surface area (Å²) in [6.45, 7) is 2.00. The molecule has 1 unspecified atom stereocenters. The van der Waals surface area contributed by atoms with Gasteiger partial charge in [-0.1, -0.05) is 22.9 Å². The van der Waals surface area contributed by atoms with Crippen LogP contribution in [0.25, 0.3) is 10.9 Å². The van der Waals surface area contributed by atoms with Gasteiger partial charge in [0.25, 0.3) is 0 Å². The Bertz CT molecular complexity index is 586. The summed E-state index contributed by atoms with van der Waals surface area (Å²) in [5.41, 5.74) is 2.71. The summed E-state index contributed by atoms with van der Waals surface area (Å²) in [5.74, 6) is 0. The second-order valence-electron chi connectivity index (χ2n) is 3.80. The lowest BCUT2D eigenvalue weighted by Gasteiger charge is -2.02. The van der Waals surface area contributed by atoms with Crippen LogP contribution in [0.15, 0.2) is 24.4 Å². The second-order valence-corrected chi connectivity index (χ2v) is 4.50. The number of aromatic nitrogens is 2. The van der Waals surface area contributed by atoms with E-state index in [9.17, 15) is 9.46 Å². The normalized spacial score (nSPS) is 11.8. The number of hydrogen-bond donors (Lipinski definition) is 0. The molecule has 0 N–H and O–H groups in total. The Morgan fingerprint density at radius 1 is 1.53 bits per heavy atom. The maximum atomic E-state index is 10.5. The molecule has 2 rings (SSSR count). The SMILES string of the molecule is Cc1cccc2c(CO[P+](=O)[O-])c[n+](C)nc12. The minimum atomic E-state index is -2.83. The Balaban J connectivity index is 2.54. The van der Waals surface area contributed by atoms with Crippen LogP contribution in [0.5, 0.6) is 0 Å². The van der Waals surface area contributed by atoms with Crippen molar-refractivity contribution in [3.05, 3.63) is 35.5 Å². The molecule has 1 atom stereocenters. The van der Waals surface area contributed by atoms with E-state index in [0.29, 0.717) is 0 Å². The number of benzene rings is 1. The summed E-state index contributed by atoms with van der Waals surface area (Å²) in [7, 11) is -1.03. The van der Waals surface area contributed by atoms with Crippen LogP contribution >= 0.6 is 8.25 Å². The van der Waals surface area contributed by atoms with E-state index in [1.807, 2.05) is 25.1 Å². The standard InChI is InChI=1S/C11H12N2O3P/c1-8-4-3-5-10-9(7-16-17(14)15)6-13(2)12-11(8)10/h3-6H,7H2,1-2H3/q+1. The van der Waals surface area contributed by atoms with Crippen LogP contribution in [0.4, 0.5) is 0 Å². The lowest BCUT2D eigenvalue weighted by Crippen LogP contribution is -2.33.